The third kappa shape index (κ3) is 1.67. The van der Waals surface area contributed by atoms with Crippen LogP contribution in [0.25, 0.3) is 32.3 Å². The van der Waals surface area contributed by atoms with Crippen LogP contribution in [0.4, 0.5) is 4.70 Å². The Morgan fingerprint density at radius 3 is 2.00 bits per heavy atom. The van der Waals surface area contributed by atoms with E-state index in [4.69, 9.17) is 0 Å². The van der Waals surface area contributed by atoms with Crippen LogP contribution in [-0.2, 0) is 0 Å². The molecule has 0 amide bonds. The van der Waals surface area contributed by atoms with Crippen LogP contribution in [0.5, 0.6) is 0 Å². The van der Waals surface area contributed by atoms with Crippen LogP contribution in [0.3, 0.4) is 0 Å². The van der Waals surface area contributed by atoms with Crippen molar-refractivity contribution in [3.63, 3.8) is 0 Å². The second-order valence-electron chi connectivity index (χ2n) is 5.10. The molecule has 4 rings (SSSR count). The van der Waals surface area contributed by atoms with Crippen molar-refractivity contribution in [1.82, 2.24) is 0 Å². The predicted molar refractivity (Wildman–Crippen MR) is 86.2 cm³/mol. The Morgan fingerprint density at radius 1 is 0.550 bits per heavy atom. The molecule has 0 saturated heterocycles. The van der Waals surface area contributed by atoms with E-state index in [0.29, 0.717) is 0 Å². The topological polar surface area (TPSA) is 0 Å². The molecule has 0 aromatic heterocycles. The van der Waals surface area contributed by atoms with E-state index >= 15 is 0 Å². The van der Waals surface area contributed by atoms with Crippen LogP contribution in [0.15, 0.2) is 66.7 Å². The molecule has 0 radical (unpaired) electrons. The number of benzene rings is 4. The molecule has 0 aliphatic heterocycles. The number of fused-ring (bicyclic) bond motifs is 4. The van der Waals surface area contributed by atoms with Crippen molar-refractivity contribution in [3.05, 3.63) is 72.3 Å². The van der Waals surface area contributed by atoms with E-state index in [-0.39, 0.29) is 4.70 Å². The van der Waals surface area contributed by atoms with Gasteiger partial charge >= 0.3 is 0 Å². The highest BCUT2D eigenvalue weighted by Crippen LogP contribution is 2.32. The molecule has 0 aliphatic rings. The smallest absolute Gasteiger partial charge is 0.00964 e. The van der Waals surface area contributed by atoms with Crippen molar-refractivity contribution in [2.24, 2.45) is 0 Å². The minimum atomic E-state index is 0. The average Bonchev–Trinajstić information content (AvgIpc) is 2.47. The predicted octanol–water partition coefficient (Wildman–Crippen LogP) is 5.61. The lowest BCUT2D eigenvalue weighted by Crippen LogP contribution is -1.84. The van der Waals surface area contributed by atoms with Crippen molar-refractivity contribution in [2.45, 2.75) is 6.92 Å². The first-order chi connectivity index (χ1) is 9.34. The Morgan fingerprint density at radius 2 is 1.20 bits per heavy atom. The normalized spacial score (nSPS) is 10.8. The van der Waals surface area contributed by atoms with Gasteiger partial charge in [0.05, 0.1) is 0 Å². The molecule has 0 unspecified atom stereocenters. The number of halogens is 1. The molecule has 0 aliphatic carbocycles. The second-order valence-corrected chi connectivity index (χ2v) is 5.10. The molecule has 4 aromatic carbocycles. The molecule has 0 spiro atoms. The maximum absolute atomic E-state index is 2.32. The van der Waals surface area contributed by atoms with Gasteiger partial charge in [-0.25, -0.2) is 0 Å². The summed E-state index contributed by atoms with van der Waals surface area (Å²) in [6.45, 7) is 2.22. The Bertz CT molecular complexity index is 922. The van der Waals surface area contributed by atoms with E-state index in [9.17, 15) is 0 Å². The lowest BCUT2D eigenvalue weighted by molar-refractivity contribution is 1.11. The zero-order valence-corrected chi connectivity index (χ0v) is 11.3. The largest absolute Gasteiger partial charge is 0.269 e. The van der Waals surface area contributed by atoms with Gasteiger partial charge in [0.2, 0.25) is 0 Å². The zero-order valence-electron chi connectivity index (χ0n) is 11.3. The first-order valence-corrected chi connectivity index (χ1v) is 6.64. The zero-order chi connectivity index (χ0) is 12.8. The standard InChI is InChI=1S/C19H14.FH/c1-13-16-8-4-3-7-15(16)12-19-17(13)11-10-14-6-2-5-9-18(14)19;/h2-12H,1H3;1H. The van der Waals surface area contributed by atoms with Gasteiger partial charge in [0, 0.05) is 0 Å². The second kappa shape index (κ2) is 4.61. The van der Waals surface area contributed by atoms with E-state index in [1.54, 1.807) is 0 Å². The molecule has 0 atom stereocenters. The van der Waals surface area contributed by atoms with Gasteiger partial charge in [0.25, 0.3) is 0 Å². The fourth-order valence-corrected chi connectivity index (χ4v) is 3.04. The van der Waals surface area contributed by atoms with Gasteiger partial charge in [-0.3, -0.25) is 4.70 Å². The summed E-state index contributed by atoms with van der Waals surface area (Å²) in [7, 11) is 0. The first-order valence-electron chi connectivity index (χ1n) is 6.64. The van der Waals surface area contributed by atoms with Gasteiger partial charge in [-0.05, 0) is 50.9 Å². The highest BCUT2D eigenvalue weighted by molar-refractivity contribution is 6.13. The summed E-state index contributed by atoms with van der Waals surface area (Å²) in [6.07, 6.45) is 0. The molecule has 4 aromatic rings. The summed E-state index contributed by atoms with van der Waals surface area (Å²) < 4.78 is 0. The van der Waals surface area contributed by atoms with Gasteiger partial charge in [-0.2, -0.15) is 0 Å². The Hall–Kier alpha value is -2.41. The lowest BCUT2D eigenvalue weighted by atomic mass is 9.94. The molecule has 0 bridgehead atoms. The van der Waals surface area contributed by atoms with E-state index in [0.717, 1.165) is 0 Å². The van der Waals surface area contributed by atoms with Crippen LogP contribution < -0.4 is 0 Å². The van der Waals surface area contributed by atoms with Gasteiger partial charge < -0.3 is 0 Å². The third-order valence-corrected chi connectivity index (χ3v) is 4.04. The molecule has 0 fully saturated rings. The SMILES string of the molecule is Cc1c2ccccc2cc2c1ccc1ccccc12.F. The molecule has 0 heterocycles. The van der Waals surface area contributed by atoms with Gasteiger partial charge in [0.15, 0.2) is 0 Å². The summed E-state index contributed by atoms with van der Waals surface area (Å²) in [5, 5.41) is 8.04. The molecule has 0 nitrogen and oxygen atoms in total. The summed E-state index contributed by atoms with van der Waals surface area (Å²) in [4.78, 5) is 0. The monoisotopic (exact) mass is 262 g/mol. The van der Waals surface area contributed by atoms with Gasteiger partial charge in [0.1, 0.15) is 0 Å². The molecular formula is C19H15F. The van der Waals surface area contributed by atoms with Crippen molar-refractivity contribution < 1.29 is 4.70 Å². The van der Waals surface area contributed by atoms with Crippen molar-refractivity contribution in [1.29, 1.82) is 0 Å². The number of hydrogen-bond acceptors (Lipinski definition) is 0. The van der Waals surface area contributed by atoms with Crippen LogP contribution in [0, 0.1) is 6.92 Å². The van der Waals surface area contributed by atoms with Crippen molar-refractivity contribution in [2.75, 3.05) is 0 Å². The molecule has 0 saturated carbocycles. The summed E-state index contributed by atoms with van der Waals surface area (Å²) in [5.74, 6) is 0. The fraction of sp³-hybridized carbons (Fsp3) is 0.0526. The minimum absolute atomic E-state index is 0. The highest BCUT2D eigenvalue weighted by atomic mass is 19.0. The van der Waals surface area contributed by atoms with Crippen molar-refractivity contribution in [3.8, 4) is 0 Å². The fourth-order valence-electron chi connectivity index (χ4n) is 3.04. The van der Waals surface area contributed by atoms with Crippen LogP contribution in [0.1, 0.15) is 5.56 Å². The van der Waals surface area contributed by atoms with Crippen LogP contribution in [-0.4, -0.2) is 0 Å². The molecular weight excluding hydrogens is 247 g/mol. The summed E-state index contributed by atoms with van der Waals surface area (Å²) in [6, 6.07) is 24.0. The number of hydrogen-bond donors (Lipinski definition) is 0. The maximum Gasteiger partial charge on any atom is -0.00964 e. The summed E-state index contributed by atoms with van der Waals surface area (Å²) >= 11 is 0. The third-order valence-electron chi connectivity index (χ3n) is 4.04. The van der Waals surface area contributed by atoms with Gasteiger partial charge in [-0.15, -0.1) is 0 Å². The van der Waals surface area contributed by atoms with E-state index in [1.807, 2.05) is 0 Å². The summed E-state index contributed by atoms with van der Waals surface area (Å²) in [5.41, 5.74) is 1.37. The molecule has 0 N–H and O–H groups in total. The van der Waals surface area contributed by atoms with E-state index in [1.165, 1.54) is 37.9 Å². The first kappa shape index (κ1) is 12.6. The van der Waals surface area contributed by atoms with Crippen LogP contribution >= 0.6 is 0 Å². The minimum Gasteiger partial charge on any atom is -0.269 e. The molecule has 20 heavy (non-hydrogen) atoms. The lowest BCUT2D eigenvalue weighted by Gasteiger charge is -2.10. The van der Waals surface area contributed by atoms with E-state index in [2.05, 4.69) is 73.7 Å². The van der Waals surface area contributed by atoms with Crippen LogP contribution in [0.2, 0.25) is 0 Å². The number of aryl methyl sites for hydroxylation is 1. The van der Waals surface area contributed by atoms with Gasteiger partial charge in [-0.1, -0.05) is 60.7 Å². The average molecular weight is 262 g/mol. The quantitative estimate of drug-likeness (QED) is 0.285. The maximum atomic E-state index is 2.32. The van der Waals surface area contributed by atoms with E-state index < -0.39 is 0 Å². The Balaban J connectivity index is 0.00000121. The Kier molecular flexibility index (Phi) is 2.90. The highest BCUT2D eigenvalue weighted by Gasteiger charge is 2.06. The van der Waals surface area contributed by atoms with Crippen molar-refractivity contribution >= 4 is 32.3 Å². The number of rotatable bonds is 0. The Labute approximate surface area is 117 Å². The molecule has 1 heteroatoms. The molecule has 98 valence electrons.